The Kier molecular flexibility index (Phi) is 5.80. The van der Waals surface area contributed by atoms with Crippen molar-refractivity contribution in [1.82, 2.24) is 9.80 Å². The van der Waals surface area contributed by atoms with E-state index in [1.165, 1.54) is 6.92 Å². The summed E-state index contributed by atoms with van der Waals surface area (Å²) in [7, 11) is 0. The number of hydrogen-bond donors (Lipinski definition) is 1. The van der Waals surface area contributed by atoms with Crippen molar-refractivity contribution < 1.29 is 29.0 Å². The number of benzene rings is 2. The molecule has 4 rings (SSSR count). The van der Waals surface area contributed by atoms with Crippen molar-refractivity contribution in [2.24, 2.45) is 5.92 Å². The summed E-state index contributed by atoms with van der Waals surface area (Å²) in [6.07, 6.45) is -0.567. The van der Waals surface area contributed by atoms with Gasteiger partial charge in [-0.3, -0.25) is 24.1 Å². The van der Waals surface area contributed by atoms with E-state index in [0.717, 1.165) is 9.80 Å². The van der Waals surface area contributed by atoms with Crippen LogP contribution < -0.4 is 4.74 Å². The molecule has 2 aromatic rings. The van der Waals surface area contributed by atoms with Gasteiger partial charge in [0, 0.05) is 19.4 Å². The van der Waals surface area contributed by atoms with Gasteiger partial charge >= 0.3 is 0 Å². The van der Waals surface area contributed by atoms with Crippen LogP contribution in [-0.2, 0) is 4.79 Å². The van der Waals surface area contributed by atoms with Gasteiger partial charge in [-0.2, -0.15) is 0 Å². The maximum absolute atomic E-state index is 13.8. The van der Waals surface area contributed by atoms with Gasteiger partial charge in [-0.25, -0.2) is 4.90 Å². The zero-order chi connectivity index (χ0) is 23.9. The number of aliphatic hydroxyl groups excluding tert-OH is 1. The Bertz CT molecular complexity index is 1100. The molecule has 0 aromatic heterocycles. The molecule has 33 heavy (non-hydrogen) atoms. The molecule has 8 nitrogen and oxygen atoms in total. The number of fused-ring (bicyclic) bond motifs is 2. The number of hydrogen-bond acceptors (Lipinski definition) is 6. The number of carbonyl (C=O) groups is 4. The van der Waals surface area contributed by atoms with Gasteiger partial charge in [0.05, 0.1) is 28.7 Å². The largest absolute Gasteiger partial charge is 0.467 e. The summed E-state index contributed by atoms with van der Waals surface area (Å²) in [6.45, 7) is 4.68. The predicted octanol–water partition coefficient (Wildman–Crippen LogP) is 2.86. The monoisotopic (exact) mass is 450 g/mol. The van der Waals surface area contributed by atoms with Crippen molar-refractivity contribution in [3.8, 4) is 5.75 Å². The lowest BCUT2D eigenvalue weighted by molar-refractivity contribution is -0.157. The van der Waals surface area contributed by atoms with Gasteiger partial charge in [-0.15, -0.1) is 0 Å². The van der Waals surface area contributed by atoms with Crippen molar-refractivity contribution in [3.05, 3.63) is 65.2 Å². The van der Waals surface area contributed by atoms with Crippen LogP contribution in [0.1, 0.15) is 64.7 Å². The summed E-state index contributed by atoms with van der Waals surface area (Å²) >= 11 is 0. The van der Waals surface area contributed by atoms with E-state index in [0.29, 0.717) is 18.6 Å². The van der Waals surface area contributed by atoms with Crippen molar-refractivity contribution in [1.29, 1.82) is 0 Å². The molecule has 1 N–H and O–H groups in total. The second-order valence-corrected chi connectivity index (χ2v) is 8.34. The van der Waals surface area contributed by atoms with Gasteiger partial charge < -0.3 is 9.84 Å². The molecule has 2 aliphatic heterocycles. The van der Waals surface area contributed by atoms with Crippen LogP contribution in [0.3, 0.4) is 0 Å². The van der Waals surface area contributed by atoms with Crippen LogP contribution >= 0.6 is 0 Å². The van der Waals surface area contributed by atoms with Crippen molar-refractivity contribution >= 4 is 23.6 Å². The Labute approximate surface area is 191 Å². The fourth-order valence-corrected chi connectivity index (χ4v) is 4.50. The van der Waals surface area contributed by atoms with Crippen LogP contribution in [0.25, 0.3) is 0 Å². The fraction of sp³-hybridized carbons (Fsp3) is 0.360. The van der Waals surface area contributed by atoms with Crippen LogP contribution in [-0.4, -0.2) is 56.9 Å². The van der Waals surface area contributed by atoms with Gasteiger partial charge in [0.25, 0.3) is 17.7 Å². The first-order chi connectivity index (χ1) is 15.8. The molecule has 2 atom stereocenters. The molecule has 2 heterocycles. The molecule has 4 amide bonds. The van der Waals surface area contributed by atoms with E-state index in [1.54, 1.807) is 48.5 Å². The number of imide groups is 2. The Morgan fingerprint density at radius 3 is 1.94 bits per heavy atom. The summed E-state index contributed by atoms with van der Waals surface area (Å²) in [6, 6.07) is 13.1. The minimum absolute atomic E-state index is 0.244. The first-order valence-electron chi connectivity index (χ1n) is 11.1. The van der Waals surface area contributed by atoms with E-state index in [4.69, 9.17) is 4.74 Å². The van der Waals surface area contributed by atoms with Crippen molar-refractivity contribution in [2.45, 2.75) is 45.4 Å². The maximum atomic E-state index is 13.8. The number of nitrogens with zero attached hydrogens (tertiary/aromatic N) is 2. The summed E-state index contributed by atoms with van der Waals surface area (Å²) in [5.74, 6) is -3.09. The molecule has 0 fully saturated rings. The maximum Gasteiger partial charge on any atom is 0.267 e. The molecule has 0 spiro atoms. The van der Waals surface area contributed by atoms with E-state index in [-0.39, 0.29) is 23.2 Å². The van der Waals surface area contributed by atoms with Gasteiger partial charge in [0.2, 0.25) is 5.91 Å². The highest BCUT2D eigenvalue weighted by Gasteiger charge is 2.51. The fourth-order valence-electron chi connectivity index (χ4n) is 4.50. The first kappa shape index (κ1) is 22.7. The highest BCUT2D eigenvalue weighted by atomic mass is 16.5. The molecule has 172 valence electrons. The second kappa shape index (κ2) is 8.44. The Hall–Kier alpha value is -3.52. The molecule has 2 aromatic carbocycles. The van der Waals surface area contributed by atoms with Gasteiger partial charge in [-0.05, 0) is 31.2 Å². The third-order valence-corrected chi connectivity index (χ3v) is 6.51. The Morgan fingerprint density at radius 1 is 0.909 bits per heavy atom. The van der Waals surface area contributed by atoms with Gasteiger partial charge in [0.15, 0.2) is 5.72 Å². The van der Waals surface area contributed by atoms with E-state index in [1.807, 2.05) is 13.8 Å². The third-order valence-electron chi connectivity index (χ3n) is 6.51. The summed E-state index contributed by atoms with van der Waals surface area (Å²) in [5, 5.41) is 10.5. The molecule has 0 unspecified atom stereocenters. The quantitative estimate of drug-likeness (QED) is 0.679. The third kappa shape index (κ3) is 3.51. The smallest absolute Gasteiger partial charge is 0.267 e. The number of rotatable bonds is 6. The van der Waals surface area contributed by atoms with Crippen LogP contribution in [0.2, 0.25) is 0 Å². The number of carbonyl (C=O) groups excluding carboxylic acids is 4. The van der Waals surface area contributed by atoms with E-state index in [9.17, 15) is 24.3 Å². The average molecular weight is 450 g/mol. The zero-order valence-corrected chi connectivity index (χ0v) is 18.8. The van der Waals surface area contributed by atoms with E-state index in [2.05, 4.69) is 0 Å². The standard InChI is InChI=1S/C25H26N2O6/c1-4-25(5-2)27(23(31)18-12-8-9-13-20(18)33-25)24(32)19(15(3)28)14-26-21(29)16-10-6-7-11-17(16)22(26)30/h6-13,15,19,28H,4-5,14H2,1-3H3/t15-,19+/m1/s1. The van der Waals surface area contributed by atoms with Crippen LogP contribution in [0.15, 0.2) is 48.5 Å². The molecule has 0 saturated carbocycles. The van der Waals surface area contributed by atoms with Gasteiger partial charge in [-0.1, -0.05) is 38.1 Å². The number of aliphatic hydroxyl groups is 1. The van der Waals surface area contributed by atoms with Crippen molar-refractivity contribution in [3.63, 3.8) is 0 Å². The second-order valence-electron chi connectivity index (χ2n) is 8.34. The molecule has 0 bridgehead atoms. The van der Waals surface area contributed by atoms with Crippen LogP contribution in [0.5, 0.6) is 5.75 Å². The SMILES string of the molecule is CCC1(CC)Oc2ccccc2C(=O)N1C(=O)[C@@H](CN1C(=O)c2ccccc2C1=O)[C@@H](C)O. The first-order valence-corrected chi connectivity index (χ1v) is 11.1. The van der Waals surface area contributed by atoms with E-state index < -0.39 is 41.4 Å². The number of para-hydroxylation sites is 1. The zero-order valence-electron chi connectivity index (χ0n) is 18.8. The lowest BCUT2D eigenvalue weighted by Crippen LogP contribution is -2.63. The minimum atomic E-state index is -1.24. The average Bonchev–Trinajstić information content (AvgIpc) is 3.06. The van der Waals surface area contributed by atoms with Gasteiger partial charge in [0.1, 0.15) is 5.75 Å². The minimum Gasteiger partial charge on any atom is -0.467 e. The molecule has 0 aliphatic carbocycles. The molecule has 8 heteroatoms. The lowest BCUT2D eigenvalue weighted by Gasteiger charge is -2.46. The number of amides is 4. The molecule has 0 radical (unpaired) electrons. The van der Waals surface area contributed by atoms with Crippen LogP contribution in [0.4, 0.5) is 0 Å². The molecule has 2 aliphatic rings. The summed E-state index contributed by atoms with van der Waals surface area (Å²) < 4.78 is 6.17. The van der Waals surface area contributed by atoms with Crippen LogP contribution in [0, 0.1) is 5.92 Å². The number of ether oxygens (including phenoxy) is 1. The highest BCUT2D eigenvalue weighted by molar-refractivity contribution is 6.21. The van der Waals surface area contributed by atoms with E-state index >= 15 is 0 Å². The lowest BCUT2D eigenvalue weighted by atomic mass is 9.94. The molecular weight excluding hydrogens is 424 g/mol. The predicted molar refractivity (Wildman–Crippen MR) is 119 cm³/mol. The molecule has 0 saturated heterocycles. The highest BCUT2D eigenvalue weighted by Crippen LogP contribution is 2.39. The summed E-state index contributed by atoms with van der Waals surface area (Å²) in [4.78, 5) is 54.9. The molecular formula is C25H26N2O6. The van der Waals surface area contributed by atoms with Crippen molar-refractivity contribution in [2.75, 3.05) is 6.54 Å². The normalized spacial score (nSPS) is 18.5. The summed E-state index contributed by atoms with van der Waals surface area (Å²) in [5.41, 5.74) is -0.491. The Morgan fingerprint density at radius 2 is 1.42 bits per heavy atom. The Balaban J connectivity index is 1.70. The topological polar surface area (TPSA) is 104 Å².